The molecule has 1 N–H and O–H groups in total. The van der Waals surface area contributed by atoms with Crippen LogP contribution in [0.5, 0.6) is 0 Å². The first kappa shape index (κ1) is 15.9. The van der Waals surface area contributed by atoms with Gasteiger partial charge >= 0.3 is 0 Å². The molecule has 24 heavy (non-hydrogen) atoms. The molecule has 3 rings (SSSR count). The number of nitrogens with zero attached hydrogens (tertiary/aromatic N) is 4. The average Bonchev–Trinajstić information content (AvgIpc) is 3.02. The monoisotopic (exact) mass is 343 g/mol. The Balaban J connectivity index is 1.83. The topological polar surface area (TPSA) is 102 Å². The predicted molar refractivity (Wildman–Crippen MR) is 89.0 cm³/mol. The summed E-state index contributed by atoms with van der Waals surface area (Å²) in [5, 5.41) is 21.8. The van der Waals surface area contributed by atoms with Gasteiger partial charge in [0.15, 0.2) is 11.5 Å². The Morgan fingerprint density at radius 3 is 2.92 bits per heavy atom. The minimum absolute atomic E-state index is 0.0284. The lowest BCUT2D eigenvalue weighted by atomic mass is 10.1. The number of nitro benzene ring substituents is 1. The first-order valence-electron chi connectivity index (χ1n) is 6.99. The van der Waals surface area contributed by atoms with Crippen molar-refractivity contribution in [3.63, 3.8) is 0 Å². The van der Waals surface area contributed by atoms with Crippen LogP contribution in [0.3, 0.4) is 0 Å². The second kappa shape index (κ2) is 6.67. The van der Waals surface area contributed by atoms with Crippen LogP contribution in [0.1, 0.15) is 16.2 Å². The Morgan fingerprint density at radius 1 is 1.33 bits per heavy atom. The van der Waals surface area contributed by atoms with Crippen LogP contribution >= 0.6 is 11.8 Å². The molecular weight excluding hydrogens is 330 g/mol. The van der Waals surface area contributed by atoms with E-state index in [1.54, 1.807) is 22.7 Å². The van der Waals surface area contributed by atoms with Gasteiger partial charge in [-0.15, -0.1) is 22.0 Å². The predicted octanol–water partition coefficient (Wildman–Crippen LogP) is 2.29. The van der Waals surface area contributed by atoms with Gasteiger partial charge in [0.2, 0.25) is 0 Å². The number of aromatic nitrogens is 3. The van der Waals surface area contributed by atoms with E-state index in [1.165, 1.54) is 23.9 Å². The zero-order chi connectivity index (χ0) is 17.1. The smallest absolute Gasteiger partial charge is 0.282 e. The zero-order valence-corrected chi connectivity index (χ0v) is 13.5. The van der Waals surface area contributed by atoms with E-state index in [-0.39, 0.29) is 17.8 Å². The van der Waals surface area contributed by atoms with E-state index in [0.717, 1.165) is 4.90 Å². The summed E-state index contributed by atoms with van der Waals surface area (Å²) in [5.74, 6) is 0.0212. The summed E-state index contributed by atoms with van der Waals surface area (Å²) >= 11 is 1.41. The molecule has 9 heteroatoms. The van der Waals surface area contributed by atoms with E-state index in [4.69, 9.17) is 0 Å². The molecule has 3 aromatic rings. The summed E-state index contributed by atoms with van der Waals surface area (Å²) in [6.07, 6.45) is 3.62. The summed E-state index contributed by atoms with van der Waals surface area (Å²) in [6, 6.07) is 9.93. The molecule has 0 aliphatic rings. The molecule has 1 amide bonds. The SMILES string of the molecule is CSc1ccc([N+](=O)[O-])c(C(=O)NCc2nnc3ccccn23)c1. The quantitative estimate of drug-likeness (QED) is 0.433. The highest BCUT2D eigenvalue weighted by Gasteiger charge is 2.21. The molecule has 2 heterocycles. The van der Waals surface area contributed by atoms with Gasteiger partial charge < -0.3 is 5.32 Å². The number of rotatable bonds is 5. The number of nitro groups is 1. The third-order valence-electron chi connectivity index (χ3n) is 3.44. The number of nitrogens with one attached hydrogen (secondary N) is 1. The first-order valence-corrected chi connectivity index (χ1v) is 8.22. The fourth-order valence-corrected chi connectivity index (χ4v) is 2.69. The van der Waals surface area contributed by atoms with Gasteiger partial charge in [-0.05, 0) is 30.5 Å². The molecular formula is C15H13N5O3S. The van der Waals surface area contributed by atoms with E-state index in [1.807, 2.05) is 18.4 Å². The fourth-order valence-electron chi connectivity index (χ4n) is 2.25. The standard InChI is InChI=1S/C15H13N5O3S/c1-24-10-5-6-12(20(22)23)11(8-10)15(21)16-9-14-18-17-13-4-2-3-7-19(13)14/h2-8H,9H2,1H3,(H,16,21). The fraction of sp³-hybridized carbons (Fsp3) is 0.133. The lowest BCUT2D eigenvalue weighted by molar-refractivity contribution is -0.385. The van der Waals surface area contributed by atoms with Gasteiger partial charge in [0, 0.05) is 17.2 Å². The zero-order valence-electron chi connectivity index (χ0n) is 12.7. The summed E-state index contributed by atoms with van der Waals surface area (Å²) in [5.41, 5.74) is 0.467. The van der Waals surface area contributed by atoms with E-state index >= 15 is 0 Å². The molecule has 0 spiro atoms. The summed E-state index contributed by atoms with van der Waals surface area (Å²) < 4.78 is 1.74. The van der Waals surface area contributed by atoms with Gasteiger partial charge in [-0.2, -0.15) is 0 Å². The van der Waals surface area contributed by atoms with Crippen LogP contribution in [-0.4, -0.2) is 31.7 Å². The van der Waals surface area contributed by atoms with Crippen LogP contribution in [0.4, 0.5) is 5.69 Å². The highest BCUT2D eigenvalue weighted by Crippen LogP contribution is 2.24. The van der Waals surface area contributed by atoms with Gasteiger partial charge in [0.25, 0.3) is 11.6 Å². The van der Waals surface area contributed by atoms with Crippen LogP contribution in [-0.2, 0) is 6.54 Å². The molecule has 0 radical (unpaired) electrons. The van der Waals surface area contributed by atoms with Crippen molar-refractivity contribution in [3.05, 3.63) is 64.1 Å². The largest absolute Gasteiger partial charge is 0.344 e. The molecule has 0 saturated carbocycles. The molecule has 0 aliphatic heterocycles. The third-order valence-corrected chi connectivity index (χ3v) is 4.16. The number of thioether (sulfide) groups is 1. The molecule has 0 saturated heterocycles. The van der Waals surface area contributed by atoms with Crippen molar-refractivity contribution in [1.82, 2.24) is 19.9 Å². The van der Waals surface area contributed by atoms with Gasteiger partial charge in [0.05, 0.1) is 11.5 Å². The Labute approximate surface area is 141 Å². The molecule has 0 atom stereocenters. The Bertz CT molecular complexity index is 924. The van der Waals surface area contributed by atoms with Gasteiger partial charge in [-0.1, -0.05) is 6.07 Å². The average molecular weight is 343 g/mol. The highest BCUT2D eigenvalue weighted by molar-refractivity contribution is 7.98. The molecule has 8 nitrogen and oxygen atoms in total. The molecule has 0 bridgehead atoms. The van der Waals surface area contributed by atoms with E-state index in [9.17, 15) is 14.9 Å². The normalized spacial score (nSPS) is 10.7. The number of carbonyl (C=O) groups is 1. The van der Waals surface area contributed by atoms with Gasteiger partial charge in [0.1, 0.15) is 5.56 Å². The summed E-state index contributed by atoms with van der Waals surface area (Å²) in [6.45, 7) is 0.116. The van der Waals surface area contributed by atoms with Crippen molar-refractivity contribution in [1.29, 1.82) is 0 Å². The lowest BCUT2D eigenvalue weighted by Crippen LogP contribution is -2.24. The number of fused-ring (bicyclic) bond motifs is 1. The second-order valence-electron chi connectivity index (χ2n) is 4.87. The number of carbonyl (C=O) groups excluding carboxylic acids is 1. The number of amides is 1. The van der Waals surface area contributed by atoms with E-state index < -0.39 is 10.8 Å². The minimum Gasteiger partial charge on any atom is -0.344 e. The number of benzene rings is 1. The molecule has 0 unspecified atom stereocenters. The molecule has 0 aliphatic carbocycles. The van der Waals surface area contributed by atoms with Gasteiger partial charge in [-0.25, -0.2) is 0 Å². The molecule has 0 fully saturated rings. The maximum absolute atomic E-state index is 12.4. The van der Waals surface area contributed by atoms with Crippen LogP contribution in [0.25, 0.3) is 5.65 Å². The minimum atomic E-state index is -0.564. The van der Waals surface area contributed by atoms with Crippen molar-refractivity contribution in [3.8, 4) is 0 Å². The third kappa shape index (κ3) is 3.06. The lowest BCUT2D eigenvalue weighted by Gasteiger charge is -2.06. The van der Waals surface area contributed by atoms with E-state index in [0.29, 0.717) is 11.5 Å². The second-order valence-corrected chi connectivity index (χ2v) is 5.75. The van der Waals surface area contributed by atoms with Gasteiger partial charge in [-0.3, -0.25) is 19.3 Å². The molecule has 122 valence electrons. The summed E-state index contributed by atoms with van der Waals surface area (Å²) in [7, 11) is 0. The highest BCUT2D eigenvalue weighted by atomic mass is 32.2. The van der Waals surface area contributed by atoms with Crippen LogP contribution < -0.4 is 5.32 Å². The first-order chi connectivity index (χ1) is 11.6. The maximum atomic E-state index is 12.4. The Morgan fingerprint density at radius 2 is 2.17 bits per heavy atom. The van der Waals surface area contributed by atoms with Crippen LogP contribution in [0, 0.1) is 10.1 Å². The van der Waals surface area contributed by atoms with Crippen LogP contribution in [0.15, 0.2) is 47.5 Å². The van der Waals surface area contributed by atoms with Crippen molar-refractivity contribution < 1.29 is 9.72 Å². The number of hydrogen-bond donors (Lipinski definition) is 1. The Kier molecular flexibility index (Phi) is 4.43. The maximum Gasteiger partial charge on any atom is 0.282 e. The molecule has 2 aromatic heterocycles. The van der Waals surface area contributed by atoms with Crippen molar-refractivity contribution in [2.75, 3.05) is 6.26 Å². The molecule has 1 aromatic carbocycles. The van der Waals surface area contributed by atoms with E-state index in [2.05, 4.69) is 15.5 Å². The number of hydrogen-bond acceptors (Lipinski definition) is 6. The van der Waals surface area contributed by atoms with Crippen molar-refractivity contribution in [2.24, 2.45) is 0 Å². The van der Waals surface area contributed by atoms with Crippen molar-refractivity contribution >= 4 is 29.0 Å². The Hall–Kier alpha value is -2.94. The van der Waals surface area contributed by atoms with Crippen molar-refractivity contribution in [2.45, 2.75) is 11.4 Å². The number of pyridine rings is 1. The summed E-state index contributed by atoms with van der Waals surface area (Å²) in [4.78, 5) is 23.7. The van der Waals surface area contributed by atoms with Crippen LogP contribution in [0.2, 0.25) is 0 Å².